The second-order valence-corrected chi connectivity index (χ2v) is 3.73. The minimum Gasteiger partial charge on any atom is -0.177 e. The summed E-state index contributed by atoms with van der Waals surface area (Å²) in [4.78, 5) is 0. The Labute approximate surface area is 65.9 Å². The summed E-state index contributed by atoms with van der Waals surface area (Å²) in [5, 5.41) is 0. The molecule has 0 atom stereocenters. The molecule has 0 N–H and O–H groups in total. The lowest BCUT2D eigenvalue weighted by Gasteiger charge is -2.12. The van der Waals surface area contributed by atoms with Gasteiger partial charge in [0.25, 0.3) is 0 Å². The first-order valence-corrected chi connectivity index (χ1v) is 4.79. The fourth-order valence-corrected chi connectivity index (χ4v) is 1.65. The topological polar surface area (TPSA) is 37.4 Å². The number of rotatable bonds is 1. The predicted octanol–water partition coefficient (Wildman–Crippen LogP) is 0.853. The smallest absolute Gasteiger partial charge is 0.177 e. The largest absolute Gasteiger partial charge is 0.374 e. The van der Waals surface area contributed by atoms with Crippen LogP contribution in [0.2, 0.25) is 0 Å². The van der Waals surface area contributed by atoms with Gasteiger partial charge in [-0.25, -0.2) is 0 Å². The standard InChI is InChI=1S/C6H10FNO2S/c7-11(9,10)8-5-3-1-2-4-6-8/h1-2H,3-6H2. The van der Waals surface area contributed by atoms with E-state index in [4.69, 9.17) is 0 Å². The van der Waals surface area contributed by atoms with E-state index in [1.807, 2.05) is 12.2 Å². The van der Waals surface area contributed by atoms with Crippen molar-refractivity contribution in [3.05, 3.63) is 12.2 Å². The molecule has 0 aliphatic carbocycles. The molecular formula is C6H10FNO2S. The zero-order valence-electron chi connectivity index (χ0n) is 6.03. The van der Waals surface area contributed by atoms with Crippen molar-refractivity contribution >= 4 is 10.4 Å². The van der Waals surface area contributed by atoms with Gasteiger partial charge in [0.05, 0.1) is 0 Å². The van der Waals surface area contributed by atoms with Crippen LogP contribution in [-0.2, 0) is 10.4 Å². The zero-order chi connectivity index (χ0) is 8.32. The van der Waals surface area contributed by atoms with Crippen LogP contribution in [-0.4, -0.2) is 25.8 Å². The molecule has 1 heterocycles. The third kappa shape index (κ3) is 2.59. The molecule has 64 valence electrons. The van der Waals surface area contributed by atoms with Gasteiger partial charge in [-0.2, -0.15) is 12.7 Å². The molecule has 5 heteroatoms. The van der Waals surface area contributed by atoms with Crippen LogP contribution in [0, 0.1) is 0 Å². The van der Waals surface area contributed by atoms with Crippen molar-refractivity contribution < 1.29 is 12.3 Å². The first kappa shape index (κ1) is 8.67. The third-order valence-corrected chi connectivity index (χ3v) is 2.55. The van der Waals surface area contributed by atoms with Crippen molar-refractivity contribution in [1.82, 2.24) is 4.31 Å². The summed E-state index contributed by atoms with van der Waals surface area (Å²) in [6.07, 6.45) is 4.93. The highest BCUT2D eigenvalue weighted by Crippen LogP contribution is 2.08. The van der Waals surface area contributed by atoms with Crippen LogP contribution in [0.25, 0.3) is 0 Å². The second-order valence-electron chi connectivity index (χ2n) is 2.39. The van der Waals surface area contributed by atoms with Crippen molar-refractivity contribution in [1.29, 1.82) is 0 Å². The van der Waals surface area contributed by atoms with E-state index in [1.165, 1.54) is 0 Å². The maximum Gasteiger partial charge on any atom is 0.374 e. The highest BCUT2D eigenvalue weighted by molar-refractivity contribution is 7.83. The van der Waals surface area contributed by atoms with Crippen molar-refractivity contribution in [2.45, 2.75) is 12.8 Å². The van der Waals surface area contributed by atoms with Gasteiger partial charge in [-0.15, -0.1) is 0 Å². The second kappa shape index (κ2) is 3.32. The fourth-order valence-electron chi connectivity index (χ4n) is 1.00. The van der Waals surface area contributed by atoms with Gasteiger partial charge in [-0.1, -0.05) is 16.0 Å². The summed E-state index contributed by atoms with van der Waals surface area (Å²) >= 11 is 0. The molecular weight excluding hydrogens is 169 g/mol. The molecule has 0 aromatic carbocycles. The lowest BCUT2D eigenvalue weighted by molar-refractivity contribution is 0.398. The number of hydrogen-bond donors (Lipinski definition) is 0. The molecule has 0 aromatic rings. The molecule has 0 unspecified atom stereocenters. The molecule has 1 rings (SSSR count). The maximum atomic E-state index is 12.3. The van der Waals surface area contributed by atoms with E-state index in [-0.39, 0.29) is 13.1 Å². The van der Waals surface area contributed by atoms with Gasteiger partial charge in [0.2, 0.25) is 0 Å². The molecule has 0 aromatic heterocycles. The van der Waals surface area contributed by atoms with Crippen LogP contribution < -0.4 is 0 Å². The summed E-state index contributed by atoms with van der Waals surface area (Å²) in [5.41, 5.74) is 0. The lowest BCUT2D eigenvalue weighted by Crippen LogP contribution is -2.28. The van der Waals surface area contributed by atoms with Gasteiger partial charge < -0.3 is 0 Å². The van der Waals surface area contributed by atoms with Crippen LogP contribution in [0.15, 0.2) is 12.2 Å². The molecule has 11 heavy (non-hydrogen) atoms. The van der Waals surface area contributed by atoms with E-state index in [0.29, 0.717) is 12.8 Å². The Balaban J connectivity index is 2.62. The van der Waals surface area contributed by atoms with E-state index >= 15 is 0 Å². The Kier molecular flexibility index (Phi) is 2.62. The summed E-state index contributed by atoms with van der Waals surface area (Å²) < 4.78 is 33.9. The van der Waals surface area contributed by atoms with E-state index in [9.17, 15) is 12.3 Å². The van der Waals surface area contributed by atoms with Gasteiger partial charge in [-0.05, 0) is 12.8 Å². The van der Waals surface area contributed by atoms with Crippen LogP contribution in [0.4, 0.5) is 3.89 Å². The van der Waals surface area contributed by atoms with Gasteiger partial charge in [0, 0.05) is 13.1 Å². The fraction of sp³-hybridized carbons (Fsp3) is 0.667. The number of halogens is 1. The first-order valence-electron chi connectivity index (χ1n) is 3.45. The molecule has 0 radical (unpaired) electrons. The van der Waals surface area contributed by atoms with E-state index < -0.39 is 10.4 Å². The molecule has 0 fully saturated rings. The Morgan fingerprint density at radius 2 is 1.64 bits per heavy atom. The summed E-state index contributed by atoms with van der Waals surface area (Å²) in [5.74, 6) is 0. The van der Waals surface area contributed by atoms with Crippen LogP contribution in [0.5, 0.6) is 0 Å². The highest BCUT2D eigenvalue weighted by Gasteiger charge is 2.19. The van der Waals surface area contributed by atoms with Gasteiger partial charge in [-0.3, -0.25) is 0 Å². The molecule has 0 spiro atoms. The van der Waals surface area contributed by atoms with Crippen LogP contribution in [0.1, 0.15) is 12.8 Å². The molecule has 0 saturated heterocycles. The highest BCUT2D eigenvalue weighted by atomic mass is 32.3. The van der Waals surface area contributed by atoms with Crippen molar-refractivity contribution in [2.75, 3.05) is 13.1 Å². The molecule has 3 nitrogen and oxygen atoms in total. The number of hydrogen-bond acceptors (Lipinski definition) is 2. The SMILES string of the molecule is O=S(=O)(F)N1CCC=CCC1. The molecule has 0 saturated carbocycles. The Bertz CT molecular complexity index is 237. The van der Waals surface area contributed by atoms with Crippen molar-refractivity contribution in [3.8, 4) is 0 Å². The van der Waals surface area contributed by atoms with E-state index in [2.05, 4.69) is 0 Å². The minimum absolute atomic E-state index is 0.259. The van der Waals surface area contributed by atoms with E-state index in [0.717, 1.165) is 4.31 Å². The van der Waals surface area contributed by atoms with Gasteiger partial charge in [0.15, 0.2) is 0 Å². The van der Waals surface area contributed by atoms with Crippen LogP contribution in [0.3, 0.4) is 0 Å². The van der Waals surface area contributed by atoms with Crippen LogP contribution >= 0.6 is 0 Å². The Morgan fingerprint density at radius 1 is 1.18 bits per heavy atom. The zero-order valence-corrected chi connectivity index (χ0v) is 6.85. The van der Waals surface area contributed by atoms with Crippen molar-refractivity contribution in [2.24, 2.45) is 0 Å². The molecule has 0 bridgehead atoms. The molecule has 0 amide bonds. The predicted molar refractivity (Wildman–Crippen MR) is 40.0 cm³/mol. The summed E-state index contributed by atoms with van der Waals surface area (Å²) in [6.45, 7) is 0.519. The average Bonchev–Trinajstić information content (AvgIpc) is 2.10. The van der Waals surface area contributed by atoms with Gasteiger partial charge in [0.1, 0.15) is 0 Å². The van der Waals surface area contributed by atoms with E-state index in [1.54, 1.807) is 0 Å². The van der Waals surface area contributed by atoms with Crippen molar-refractivity contribution in [3.63, 3.8) is 0 Å². The minimum atomic E-state index is -4.46. The summed E-state index contributed by atoms with van der Waals surface area (Å²) in [7, 11) is -4.46. The Morgan fingerprint density at radius 3 is 2.00 bits per heavy atom. The normalized spacial score (nSPS) is 21.5. The summed E-state index contributed by atoms with van der Waals surface area (Å²) in [6, 6.07) is 0. The van der Waals surface area contributed by atoms with Gasteiger partial charge >= 0.3 is 10.4 Å². The third-order valence-electron chi connectivity index (χ3n) is 1.57. The number of nitrogens with zero attached hydrogens (tertiary/aromatic N) is 1. The monoisotopic (exact) mass is 179 g/mol. The first-order chi connectivity index (χ1) is 5.11. The quantitative estimate of drug-likeness (QED) is 0.442. The molecule has 1 aliphatic heterocycles. The average molecular weight is 179 g/mol. The molecule has 1 aliphatic rings. The maximum absolute atomic E-state index is 12.3. The Hall–Kier alpha value is -0.420. The lowest BCUT2D eigenvalue weighted by atomic mass is 10.4.